The molecule has 0 saturated heterocycles. The smallest absolute Gasteiger partial charge is 0.343 e. The molecule has 4 heteroatoms. The monoisotopic (exact) mass is 279 g/mol. The van der Waals surface area contributed by atoms with Gasteiger partial charge in [0.15, 0.2) is 0 Å². The summed E-state index contributed by atoms with van der Waals surface area (Å²) in [4.78, 5) is 24.4. The van der Waals surface area contributed by atoms with Crippen molar-refractivity contribution in [3.63, 3.8) is 0 Å². The van der Waals surface area contributed by atoms with Crippen LogP contribution in [0.1, 0.15) is 55.7 Å². The Morgan fingerprint density at radius 3 is 2.50 bits per heavy atom. The van der Waals surface area contributed by atoms with Crippen LogP contribution in [0.2, 0.25) is 0 Å². The van der Waals surface area contributed by atoms with Crippen molar-refractivity contribution in [3.8, 4) is 0 Å². The Labute approximate surface area is 120 Å². The number of pyridine rings is 1. The fourth-order valence-corrected chi connectivity index (χ4v) is 2.29. The summed E-state index contributed by atoms with van der Waals surface area (Å²) < 4.78 is 6.70. The Kier molecular flexibility index (Phi) is 5.99. The summed E-state index contributed by atoms with van der Waals surface area (Å²) >= 11 is 0. The van der Waals surface area contributed by atoms with Gasteiger partial charge in [0.1, 0.15) is 5.56 Å². The van der Waals surface area contributed by atoms with Gasteiger partial charge in [-0.1, -0.05) is 20.8 Å². The van der Waals surface area contributed by atoms with Gasteiger partial charge in [-0.2, -0.15) is 0 Å². The van der Waals surface area contributed by atoms with Crippen LogP contribution in [0.3, 0.4) is 0 Å². The van der Waals surface area contributed by atoms with Crippen LogP contribution in [0, 0.1) is 12.8 Å². The molecule has 0 saturated carbocycles. The molecular formula is C16H25NO3. The Hall–Kier alpha value is -1.58. The highest BCUT2D eigenvalue weighted by molar-refractivity contribution is 5.89. The summed E-state index contributed by atoms with van der Waals surface area (Å²) in [6, 6.07) is 1.66. The second-order valence-electron chi connectivity index (χ2n) is 5.40. The lowest BCUT2D eigenvalue weighted by molar-refractivity contribution is 0.0523. The van der Waals surface area contributed by atoms with E-state index in [1.165, 1.54) is 0 Å². The maximum absolute atomic E-state index is 12.5. The molecule has 1 rings (SSSR count). The van der Waals surface area contributed by atoms with Crippen molar-refractivity contribution in [2.45, 2.75) is 54.0 Å². The lowest BCUT2D eigenvalue weighted by atomic mass is 10.1. The maximum Gasteiger partial charge on any atom is 0.343 e. The third kappa shape index (κ3) is 3.71. The SMILES string of the molecule is CCOC(=O)c1cc(C)c(CC)n(CCC(C)C)c1=O. The minimum absolute atomic E-state index is 0.144. The number of aromatic nitrogens is 1. The highest BCUT2D eigenvalue weighted by Crippen LogP contribution is 2.12. The minimum Gasteiger partial charge on any atom is -0.462 e. The standard InChI is InChI=1S/C16H25NO3/c1-6-14-12(5)10-13(16(19)20-7-2)15(18)17(14)9-8-11(3)4/h10-11H,6-9H2,1-5H3. The molecule has 0 aromatic carbocycles. The van der Waals surface area contributed by atoms with Crippen LogP contribution in [-0.2, 0) is 17.7 Å². The Morgan fingerprint density at radius 2 is 2.00 bits per heavy atom. The van der Waals surface area contributed by atoms with E-state index >= 15 is 0 Å². The third-order valence-corrected chi connectivity index (χ3v) is 3.38. The number of hydrogen-bond donors (Lipinski definition) is 0. The van der Waals surface area contributed by atoms with Crippen molar-refractivity contribution < 1.29 is 9.53 Å². The molecule has 0 atom stereocenters. The van der Waals surface area contributed by atoms with Gasteiger partial charge >= 0.3 is 5.97 Å². The fraction of sp³-hybridized carbons (Fsp3) is 0.625. The lowest BCUT2D eigenvalue weighted by Crippen LogP contribution is -2.31. The normalized spacial score (nSPS) is 10.9. The molecule has 0 spiro atoms. The molecule has 0 fully saturated rings. The van der Waals surface area contributed by atoms with Crippen molar-refractivity contribution >= 4 is 5.97 Å². The second-order valence-corrected chi connectivity index (χ2v) is 5.40. The molecule has 0 aliphatic rings. The highest BCUT2D eigenvalue weighted by Gasteiger charge is 2.17. The van der Waals surface area contributed by atoms with E-state index < -0.39 is 5.97 Å². The number of aryl methyl sites for hydroxylation is 1. The van der Waals surface area contributed by atoms with Crippen molar-refractivity contribution in [2.75, 3.05) is 6.61 Å². The van der Waals surface area contributed by atoms with Crippen LogP contribution in [0.25, 0.3) is 0 Å². The molecule has 1 aromatic heterocycles. The first-order valence-electron chi connectivity index (χ1n) is 7.32. The van der Waals surface area contributed by atoms with E-state index in [1.807, 2.05) is 13.8 Å². The van der Waals surface area contributed by atoms with E-state index in [9.17, 15) is 9.59 Å². The molecule has 0 radical (unpaired) electrons. The molecule has 1 heterocycles. The predicted molar refractivity (Wildman–Crippen MR) is 80.2 cm³/mol. The van der Waals surface area contributed by atoms with Crippen molar-refractivity contribution in [1.82, 2.24) is 4.57 Å². The molecule has 0 amide bonds. The van der Waals surface area contributed by atoms with Crippen molar-refractivity contribution in [1.29, 1.82) is 0 Å². The number of carbonyl (C=O) groups excluding carboxylic acids is 1. The van der Waals surface area contributed by atoms with E-state index in [0.717, 1.165) is 24.1 Å². The maximum atomic E-state index is 12.5. The Morgan fingerprint density at radius 1 is 1.35 bits per heavy atom. The van der Waals surface area contributed by atoms with Crippen LogP contribution in [0.15, 0.2) is 10.9 Å². The first-order valence-corrected chi connectivity index (χ1v) is 7.32. The number of carbonyl (C=O) groups is 1. The molecule has 0 bridgehead atoms. The van der Waals surface area contributed by atoms with Gasteiger partial charge in [0.25, 0.3) is 5.56 Å². The van der Waals surface area contributed by atoms with Gasteiger partial charge in [0, 0.05) is 12.2 Å². The van der Waals surface area contributed by atoms with Gasteiger partial charge < -0.3 is 9.30 Å². The zero-order valence-electron chi connectivity index (χ0n) is 13.2. The van der Waals surface area contributed by atoms with Crippen molar-refractivity contribution in [2.24, 2.45) is 5.92 Å². The number of nitrogens with zero attached hydrogens (tertiary/aromatic N) is 1. The molecule has 0 aliphatic carbocycles. The average Bonchev–Trinajstić information content (AvgIpc) is 2.39. The molecule has 20 heavy (non-hydrogen) atoms. The lowest BCUT2D eigenvalue weighted by Gasteiger charge is -2.17. The van der Waals surface area contributed by atoms with Crippen LogP contribution in [0.5, 0.6) is 0 Å². The van der Waals surface area contributed by atoms with Crippen LogP contribution >= 0.6 is 0 Å². The Bertz CT molecular complexity index is 529. The summed E-state index contributed by atoms with van der Waals surface area (Å²) in [5.41, 5.74) is 1.89. The highest BCUT2D eigenvalue weighted by atomic mass is 16.5. The number of hydrogen-bond acceptors (Lipinski definition) is 3. The molecule has 112 valence electrons. The summed E-state index contributed by atoms with van der Waals surface area (Å²) in [7, 11) is 0. The van der Waals surface area contributed by atoms with Gasteiger partial charge in [-0.15, -0.1) is 0 Å². The summed E-state index contributed by atoms with van der Waals surface area (Å²) in [6.07, 6.45) is 1.70. The molecule has 0 aliphatic heterocycles. The number of esters is 1. The minimum atomic E-state index is -0.526. The molecule has 0 unspecified atom stereocenters. The summed E-state index contributed by atoms with van der Waals surface area (Å²) in [6.45, 7) is 10.9. The number of ether oxygens (including phenoxy) is 1. The Balaban J connectivity index is 3.30. The van der Waals surface area contributed by atoms with Gasteiger partial charge in [0.05, 0.1) is 6.61 Å². The van der Waals surface area contributed by atoms with E-state index in [-0.39, 0.29) is 17.7 Å². The van der Waals surface area contributed by atoms with Crippen LogP contribution in [-0.4, -0.2) is 17.1 Å². The molecule has 4 nitrogen and oxygen atoms in total. The quantitative estimate of drug-likeness (QED) is 0.752. The summed E-state index contributed by atoms with van der Waals surface area (Å²) in [5, 5.41) is 0. The van der Waals surface area contributed by atoms with Crippen molar-refractivity contribution in [3.05, 3.63) is 33.2 Å². The zero-order valence-corrected chi connectivity index (χ0v) is 13.2. The van der Waals surface area contributed by atoms with Gasteiger partial charge in [-0.05, 0) is 44.2 Å². The first kappa shape index (κ1) is 16.5. The van der Waals surface area contributed by atoms with Gasteiger partial charge in [-0.25, -0.2) is 4.79 Å². The second kappa shape index (κ2) is 7.27. The topological polar surface area (TPSA) is 48.3 Å². The van der Waals surface area contributed by atoms with Crippen LogP contribution in [0.4, 0.5) is 0 Å². The zero-order chi connectivity index (χ0) is 15.3. The van der Waals surface area contributed by atoms with Crippen LogP contribution < -0.4 is 5.56 Å². The molecular weight excluding hydrogens is 254 g/mol. The van der Waals surface area contributed by atoms with E-state index in [4.69, 9.17) is 4.74 Å². The van der Waals surface area contributed by atoms with Gasteiger partial charge in [0.2, 0.25) is 0 Å². The first-order chi connectivity index (χ1) is 9.42. The van der Waals surface area contributed by atoms with E-state index in [0.29, 0.717) is 12.5 Å². The average molecular weight is 279 g/mol. The summed E-state index contributed by atoms with van der Waals surface area (Å²) in [5.74, 6) is -0.0142. The fourth-order valence-electron chi connectivity index (χ4n) is 2.29. The molecule has 0 N–H and O–H groups in total. The van der Waals surface area contributed by atoms with E-state index in [2.05, 4.69) is 13.8 Å². The largest absolute Gasteiger partial charge is 0.462 e. The van der Waals surface area contributed by atoms with Gasteiger partial charge in [-0.3, -0.25) is 4.79 Å². The third-order valence-electron chi connectivity index (χ3n) is 3.38. The predicted octanol–water partition coefficient (Wildman–Crippen LogP) is 2.94. The molecule has 1 aromatic rings. The van der Waals surface area contributed by atoms with E-state index in [1.54, 1.807) is 17.6 Å². The number of rotatable bonds is 6.